The van der Waals surface area contributed by atoms with E-state index in [0.29, 0.717) is 10.0 Å². The number of hydrogen-bond acceptors (Lipinski definition) is 5. The van der Waals surface area contributed by atoms with E-state index in [1.54, 1.807) is 6.07 Å². The second kappa shape index (κ2) is 10.1. The van der Waals surface area contributed by atoms with Gasteiger partial charge in [-0.05, 0) is 74.0 Å². The summed E-state index contributed by atoms with van der Waals surface area (Å²) in [5.41, 5.74) is 6.24. The molecule has 0 saturated carbocycles. The maximum absolute atomic E-state index is 12.2. The summed E-state index contributed by atoms with van der Waals surface area (Å²) in [4.78, 5) is 14.4. The van der Waals surface area contributed by atoms with Crippen molar-refractivity contribution in [3.63, 3.8) is 0 Å². The second-order valence-electron chi connectivity index (χ2n) is 8.65. The van der Waals surface area contributed by atoms with Crippen LogP contribution < -0.4 is 20.1 Å². The number of hydrogen-bond donors (Lipinski definition) is 1. The molecule has 1 aliphatic carbocycles. The predicted molar refractivity (Wildman–Crippen MR) is 146 cm³/mol. The zero-order chi connectivity index (χ0) is 25.2. The fourth-order valence-corrected chi connectivity index (χ4v) is 5.13. The van der Waals surface area contributed by atoms with Crippen LogP contribution >= 0.6 is 15.9 Å². The number of para-hydroxylation sites is 1. The number of nitrogens with zero attached hydrogens (tertiary/aromatic N) is 1. The minimum atomic E-state index is -1.22. The minimum Gasteiger partial charge on any atom is -0.545 e. The Bertz CT molecular complexity index is 1400. The summed E-state index contributed by atoms with van der Waals surface area (Å²) >= 11 is 3.41. The highest BCUT2D eigenvalue weighted by molar-refractivity contribution is 9.10. The number of nitrogens with one attached hydrogen (secondary N) is 1. The maximum Gasteiger partial charge on any atom is 0.143 e. The molecular weight excluding hydrogens is 516 g/mol. The molecule has 1 heterocycles. The van der Waals surface area contributed by atoms with E-state index in [4.69, 9.17) is 4.74 Å². The van der Waals surface area contributed by atoms with E-state index in [1.165, 1.54) is 0 Å². The summed E-state index contributed by atoms with van der Waals surface area (Å²) in [7, 11) is 0. The number of aromatic carboxylic acids is 1. The van der Waals surface area contributed by atoms with Crippen LogP contribution in [0.25, 0.3) is 5.57 Å². The summed E-state index contributed by atoms with van der Waals surface area (Å²) in [6, 6.07) is 21.4. The van der Waals surface area contributed by atoms with Gasteiger partial charge in [0.05, 0.1) is 5.97 Å². The summed E-state index contributed by atoms with van der Waals surface area (Å²) < 4.78 is 7.16. The highest BCUT2D eigenvalue weighted by Crippen LogP contribution is 2.44. The molecule has 0 spiro atoms. The summed E-state index contributed by atoms with van der Waals surface area (Å²) in [6.45, 7) is 6.00. The lowest BCUT2D eigenvalue weighted by atomic mass is 9.83. The molecule has 5 rings (SSSR count). The van der Waals surface area contributed by atoms with Gasteiger partial charge in [-0.1, -0.05) is 40.2 Å². The number of fused-ring (bicyclic) bond motifs is 2. The zero-order valence-corrected chi connectivity index (χ0v) is 21.7. The van der Waals surface area contributed by atoms with E-state index < -0.39 is 5.97 Å². The summed E-state index contributed by atoms with van der Waals surface area (Å²) in [6.07, 6.45) is 5.69. The number of carboxylic acids is 1. The van der Waals surface area contributed by atoms with Gasteiger partial charge in [-0.15, -0.1) is 0 Å². The summed E-state index contributed by atoms with van der Waals surface area (Å²) in [5, 5.41) is 15.6. The van der Waals surface area contributed by atoms with E-state index in [1.807, 2.05) is 72.8 Å². The zero-order valence-electron chi connectivity index (χ0n) is 20.1. The van der Waals surface area contributed by atoms with Crippen LogP contribution in [0.3, 0.4) is 0 Å². The van der Waals surface area contributed by atoms with Gasteiger partial charge in [0.25, 0.3) is 0 Å². The monoisotopic (exact) mass is 541 g/mol. The van der Waals surface area contributed by atoms with E-state index in [2.05, 4.69) is 46.1 Å². The van der Waals surface area contributed by atoms with Crippen molar-refractivity contribution >= 4 is 38.8 Å². The van der Waals surface area contributed by atoms with Crippen LogP contribution in [0.1, 0.15) is 35.3 Å². The van der Waals surface area contributed by atoms with E-state index in [0.717, 1.165) is 52.6 Å². The largest absolute Gasteiger partial charge is 0.545 e. The van der Waals surface area contributed by atoms with Crippen molar-refractivity contribution in [2.24, 2.45) is 0 Å². The van der Waals surface area contributed by atoms with Crippen molar-refractivity contribution in [1.82, 2.24) is 0 Å². The topological polar surface area (TPSA) is 64.6 Å². The quantitative estimate of drug-likeness (QED) is 0.410. The van der Waals surface area contributed by atoms with Gasteiger partial charge in [-0.3, -0.25) is 0 Å². The maximum atomic E-state index is 12.2. The van der Waals surface area contributed by atoms with Crippen LogP contribution in [-0.4, -0.2) is 25.2 Å². The first-order valence-corrected chi connectivity index (χ1v) is 12.8. The minimum absolute atomic E-state index is 0.131. The lowest BCUT2D eigenvalue weighted by Gasteiger charge is -2.33. The first-order valence-electron chi connectivity index (χ1n) is 12.0. The SMILES string of the molecule is CCN(CC)c1ccc2c(c1)OC1C=CC(Nc3ccccc3)=CC1=C2c1ccc(Br)cc1C(=O)[O-]. The molecule has 1 aliphatic heterocycles. The normalized spacial score (nSPS) is 16.0. The number of benzene rings is 3. The first kappa shape index (κ1) is 23.9. The Hall–Kier alpha value is -3.77. The Labute approximate surface area is 219 Å². The second-order valence-corrected chi connectivity index (χ2v) is 9.56. The fourth-order valence-electron chi connectivity index (χ4n) is 4.77. The number of ether oxygens (including phenoxy) is 1. The summed E-state index contributed by atoms with van der Waals surface area (Å²) in [5.74, 6) is -0.491. The third-order valence-electron chi connectivity index (χ3n) is 6.51. The average molecular weight is 542 g/mol. The Morgan fingerprint density at radius 2 is 1.78 bits per heavy atom. The van der Waals surface area contributed by atoms with Crippen LogP contribution in [-0.2, 0) is 0 Å². The number of halogens is 1. The van der Waals surface area contributed by atoms with Crippen molar-refractivity contribution in [3.8, 4) is 5.75 Å². The van der Waals surface area contributed by atoms with Crippen LogP contribution in [0.5, 0.6) is 5.75 Å². The van der Waals surface area contributed by atoms with Crippen molar-refractivity contribution in [1.29, 1.82) is 0 Å². The molecular formula is C30H26BrN2O3-. The first-order chi connectivity index (χ1) is 17.5. The number of anilines is 2. The molecule has 0 radical (unpaired) electrons. The molecule has 1 unspecified atom stereocenters. The fraction of sp³-hybridized carbons (Fsp3) is 0.167. The molecule has 3 aromatic carbocycles. The predicted octanol–water partition coefficient (Wildman–Crippen LogP) is 5.79. The smallest absolute Gasteiger partial charge is 0.143 e. The van der Waals surface area contributed by atoms with Crippen molar-refractivity contribution in [2.45, 2.75) is 20.0 Å². The third-order valence-corrected chi connectivity index (χ3v) is 7.00. The van der Waals surface area contributed by atoms with Gasteiger partial charge in [0, 0.05) is 63.0 Å². The van der Waals surface area contributed by atoms with Gasteiger partial charge in [0.1, 0.15) is 11.9 Å². The molecule has 3 aromatic rings. The average Bonchev–Trinajstić information content (AvgIpc) is 2.89. The van der Waals surface area contributed by atoms with Gasteiger partial charge >= 0.3 is 0 Å². The Morgan fingerprint density at radius 1 is 1.03 bits per heavy atom. The standard InChI is InChI=1S/C30H27BrN2O3/c1-3-33(4-2)22-12-14-24-28(18-22)36-27-15-11-21(32-20-8-6-5-7-9-20)17-26(27)29(24)23-13-10-19(31)16-25(23)30(34)35/h5-18,27,32H,3-4H2,1-2H3,(H,34,35)/p-1. The van der Waals surface area contributed by atoms with Gasteiger partial charge in [-0.2, -0.15) is 0 Å². The molecule has 2 aliphatic rings. The number of carbonyl (C=O) groups excluding carboxylic acids is 1. The van der Waals surface area contributed by atoms with Crippen LogP contribution in [0, 0.1) is 0 Å². The Balaban J connectivity index is 1.71. The van der Waals surface area contributed by atoms with Crippen molar-refractivity contribution < 1.29 is 14.6 Å². The van der Waals surface area contributed by atoms with Crippen LogP contribution in [0.4, 0.5) is 11.4 Å². The van der Waals surface area contributed by atoms with Crippen molar-refractivity contribution in [2.75, 3.05) is 23.3 Å². The van der Waals surface area contributed by atoms with Gasteiger partial charge in [-0.25, -0.2) is 0 Å². The molecule has 182 valence electrons. The Morgan fingerprint density at radius 3 is 2.50 bits per heavy atom. The van der Waals surface area contributed by atoms with E-state index >= 15 is 0 Å². The van der Waals surface area contributed by atoms with Gasteiger partial charge in [0.2, 0.25) is 0 Å². The molecule has 0 fully saturated rings. The molecule has 5 nitrogen and oxygen atoms in total. The Kier molecular flexibility index (Phi) is 6.70. The molecule has 0 aromatic heterocycles. The molecule has 6 heteroatoms. The molecule has 1 N–H and O–H groups in total. The lowest BCUT2D eigenvalue weighted by molar-refractivity contribution is -0.255. The molecule has 0 saturated heterocycles. The molecule has 36 heavy (non-hydrogen) atoms. The van der Waals surface area contributed by atoms with E-state index in [9.17, 15) is 9.90 Å². The molecule has 0 amide bonds. The third kappa shape index (κ3) is 4.56. The van der Waals surface area contributed by atoms with E-state index in [-0.39, 0.29) is 11.7 Å². The highest BCUT2D eigenvalue weighted by Gasteiger charge is 2.30. The van der Waals surface area contributed by atoms with Gasteiger partial charge in [0.15, 0.2) is 0 Å². The van der Waals surface area contributed by atoms with Gasteiger partial charge < -0.3 is 24.9 Å². The highest BCUT2D eigenvalue weighted by atomic mass is 79.9. The van der Waals surface area contributed by atoms with Crippen LogP contribution in [0.2, 0.25) is 0 Å². The lowest BCUT2D eigenvalue weighted by Crippen LogP contribution is -2.28. The number of rotatable bonds is 7. The molecule has 0 bridgehead atoms. The number of carboxylic acid groups (broad SMARTS) is 1. The van der Waals surface area contributed by atoms with Crippen molar-refractivity contribution in [3.05, 3.63) is 117 Å². The number of allylic oxidation sites excluding steroid dienone is 1. The molecule has 1 atom stereocenters. The number of carbonyl (C=O) groups is 1. The van der Waals surface area contributed by atoms with Crippen LogP contribution in [0.15, 0.2) is 101 Å².